The molecule has 3 aromatic rings. The molecular weight excluding hydrogens is 354 g/mol. The zero-order valence-electron chi connectivity index (χ0n) is 16.1. The van der Waals surface area contributed by atoms with E-state index in [0.29, 0.717) is 23.7 Å². The van der Waals surface area contributed by atoms with Crippen LogP contribution >= 0.6 is 0 Å². The number of anilines is 3. The van der Waals surface area contributed by atoms with Gasteiger partial charge >= 0.3 is 0 Å². The van der Waals surface area contributed by atoms with Crippen LogP contribution in [0.4, 0.5) is 17.3 Å². The van der Waals surface area contributed by atoms with Crippen LogP contribution in [0.3, 0.4) is 0 Å². The lowest BCUT2D eigenvalue weighted by molar-refractivity contribution is -0.114. The highest BCUT2D eigenvalue weighted by Crippen LogP contribution is 2.17. The average Bonchev–Trinajstić information content (AvgIpc) is 2.65. The topological polar surface area (TPSA) is 99.8 Å². The van der Waals surface area contributed by atoms with Crippen molar-refractivity contribution in [2.24, 2.45) is 0 Å². The fourth-order valence-electron chi connectivity index (χ4n) is 2.72. The van der Waals surface area contributed by atoms with Gasteiger partial charge in [0.15, 0.2) is 0 Å². The Balaban J connectivity index is 1.68. The number of carbonyl (C=O) groups is 1. The molecule has 28 heavy (non-hydrogen) atoms. The van der Waals surface area contributed by atoms with Crippen LogP contribution in [0.2, 0.25) is 0 Å². The molecule has 1 heterocycles. The van der Waals surface area contributed by atoms with Crippen molar-refractivity contribution in [3.8, 4) is 0 Å². The molecule has 0 radical (unpaired) electrons. The molecule has 1 aromatic heterocycles. The van der Waals surface area contributed by atoms with Gasteiger partial charge in [-0.15, -0.1) is 10.2 Å². The molecule has 2 aromatic carbocycles. The third-order valence-electron chi connectivity index (χ3n) is 4.25. The summed E-state index contributed by atoms with van der Waals surface area (Å²) in [4.78, 5) is 26.1. The molecule has 7 heteroatoms. The van der Waals surface area contributed by atoms with Crippen LogP contribution in [-0.4, -0.2) is 21.1 Å². The Kier molecular flexibility index (Phi) is 5.84. The zero-order valence-corrected chi connectivity index (χ0v) is 16.1. The Labute approximate surface area is 163 Å². The fourth-order valence-corrected chi connectivity index (χ4v) is 2.72. The number of rotatable bonds is 6. The maximum atomic E-state index is 12.3. The summed E-state index contributed by atoms with van der Waals surface area (Å²) in [6.45, 7) is 5.74. The van der Waals surface area contributed by atoms with Gasteiger partial charge in [-0.2, -0.15) is 0 Å². The lowest BCUT2D eigenvalue weighted by Crippen LogP contribution is -2.18. The molecule has 0 aliphatic rings. The van der Waals surface area contributed by atoms with E-state index >= 15 is 0 Å². The number of hydrogen-bond donors (Lipinski definition) is 3. The summed E-state index contributed by atoms with van der Waals surface area (Å²) in [5.41, 5.74) is 3.77. The lowest BCUT2D eigenvalue weighted by Gasteiger charge is -2.08. The summed E-state index contributed by atoms with van der Waals surface area (Å²) in [5, 5.41) is 13.8. The first-order chi connectivity index (χ1) is 13.4. The van der Waals surface area contributed by atoms with E-state index in [-0.39, 0.29) is 17.4 Å². The van der Waals surface area contributed by atoms with Crippen LogP contribution in [0.5, 0.6) is 0 Å². The molecular formula is C21H23N5O2. The molecule has 7 nitrogen and oxygen atoms in total. The van der Waals surface area contributed by atoms with Crippen molar-refractivity contribution in [3.05, 3.63) is 75.7 Å². The van der Waals surface area contributed by atoms with Crippen molar-refractivity contribution >= 4 is 23.2 Å². The van der Waals surface area contributed by atoms with Crippen LogP contribution in [0.1, 0.15) is 43.5 Å². The van der Waals surface area contributed by atoms with Crippen molar-refractivity contribution < 1.29 is 4.79 Å². The van der Waals surface area contributed by atoms with E-state index in [1.54, 1.807) is 24.3 Å². The van der Waals surface area contributed by atoms with Crippen LogP contribution in [-0.2, 0) is 11.2 Å². The Morgan fingerprint density at radius 2 is 1.64 bits per heavy atom. The number of aromatic amines is 1. The van der Waals surface area contributed by atoms with Gasteiger partial charge in [0.1, 0.15) is 5.69 Å². The second-order valence-electron chi connectivity index (χ2n) is 6.91. The summed E-state index contributed by atoms with van der Waals surface area (Å²) in [5.74, 6) is 0.594. The van der Waals surface area contributed by atoms with E-state index in [0.717, 1.165) is 11.3 Å². The van der Waals surface area contributed by atoms with Gasteiger partial charge in [0.05, 0.1) is 0 Å². The second-order valence-corrected chi connectivity index (χ2v) is 6.91. The first kappa shape index (κ1) is 19.3. The highest BCUT2D eigenvalue weighted by molar-refractivity contribution is 5.88. The molecule has 0 aliphatic heterocycles. The number of amides is 1. The van der Waals surface area contributed by atoms with Crippen LogP contribution < -0.4 is 16.2 Å². The fraction of sp³-hybridized carbons (Fsp3) is 0.238. The molecule has 0 atom stereocenters. The molecule has 0 saturated carbocycles. The molecule has 0 unspecified atom stereocenters. The number of nitrogens with one attached hydrogen (secondary N) is 3. The minimum Gasteiger partial charge on any atom is -0.326 e. The minimum absolute atomic E-state index is 0.134. The molecule has 144 valence electrons. The molecule has 3 N–H and O–H groups in total. The van der Waals surface area contributed by atoms with Gasteiger partial charge in [0, 0.05) is 24.7 Å². The van der Waals surface area contributed by atoms with E-state index in [4.69, 9.17) is 0 Å². The van der Waals surface area contributed by atoms with Gasteiger partial charge in [0.25, 0.3) is 5.56 Å². The van der Waals surface area contributed by atoms with Crippen molar-refractivity contribution in [1.29, 1.82) is 0 Å². The molecule has 0 spiro atoms. The largest absolute Gasteiger partial charge is 0.326 e. The first-order valence-electron chi connectivity index (χ1n) is 9.10. The zero-order chi connectivity index (χ0) is 20.1. The monoisotopic (exact) mass is 377 g/mol. The van der Waals surface area contributed by atoms with Gasteiger partial charge in [-0.25, -0.2) is 0 Å². The normalized spacial score (nSPS) is 10.7. The van der Waals surface area contributed by atoms with Gasteiger partial charge < -0.3 is 10.6 Å². The Morgan fingerprint density at radius 3 is 2.21 bits per heavy atom. The number of aromatic nitrogens is 3. The second kappa shape index (κ2) is 8.47. The van der Waals surface area contributed by atoms with Gasteiger partial charge in [-0.3, -0.25) is 14.6 Å². The summed E-state index contributed by atoms with van der Waals surface area (Å²) >= 11 is 0. The summed E-state index contributed by atoms with van der Waals surface area (Å²) in [7, 11) is 0. The lowest BCUT2D eigenvalue weighted by atomic mass is 10.0. The number of carbonyl (C=O) groups excluding carboxylic acids is 1. The van der Waals surface area contributed by atoms with Crippen molar-refractivity contribution in [1.82, 2.24) is 15.2 Å². The number of hydrogen-bond acceptors (Lipinski definition) is 5. The van der Waals surface area contributed by atoms with E-state index in [9.17, 15) is 9.59 Å². The predicted molar refractivity (Wildman–Crippen MR) is 110 cm³/mol. The molecule has 0 saturated heterocycles. The van der Waals surface area contributed by atoms with E-state index in [1.807, 2.05) is 12.1 Å². The SMILES string of the molecule is CC(=O)Nc1ccc(Nc2nnc(Cc3ccc(C(C)C)cc3)c(=O)[nH]2)cc1. The third-order valence-corrected chi connectivity index (χ3v) is 4.25. The van der Waals surface area contributed by atoms with Crippen LogP contribution in [0, 0.1) is 0 Å². The molecule has 1 amide bonds. The highest BCUT2D eigenvalue weighted by atomic mass is 16.1. The van der Waals surface area contributed by atoms with E-state index in [1.165, 1.54) is 12.5 Å². The van der Waals surface area contributed by atoms with Gasteiger partial charge in [-0.05, 0) is 41.3 Å². The van der Waals surface area contributed by atoms with E-state index < -0.39 is 0 Å². The Morgan fingerprint density at radius 1 is 1.00 bits per heavy atom. The average molecular weight is 377 g/mol. The Hall–Kier alpha value is -3.48. The first-order valence-corrected chi connectivity index (χ1v) is 9.10. The van der Waals surface area contributed by atoms with Gasteiger partial charge in [0.2, 0.25) is 11.9 Å². The van der Waals surface area contributed by atoms with Crippen molar-refractivity contribution in [2.75, 3.05) is 10.6 Å². The van der Waals surface area contributed by atoms with Crippen LogP contribution in [0.25, 0.3) is 0 Å². The van der Waals surface area contributed by atoms with Crippen molar-refractivity contribution in [2.45, 2.75) is 33.1 Å². The standard InChI is InChI=1S/C21H23N5O2/c1-13(2)16-6-4-15(5-7-16)12-19-20(28)24-21(26-25-19)23-18-10-8-17(9-11-18)22-14(3)27/h4-11,13H,12H2,1-3H3,(H,22,27)(H2,23,24,26,28). The quantitative estimate of drug-likeness (QED) is 0.610. The minimum atomic E-state index is -0.277. The molecule has 0 aliphatic carbocycles. The molecule has 0 fully saturated rings. The number of H-pyrrole nitrogens is 1. The Bertz CT molecular complexity index is 1010. The van der Waals surface area contributed by atoms with Crippen molar-refractivity contribution in [3.63, 3.8) is 0 Å². The highest BCUT2D eigenvalue weighted by Gasteiger charge is 2.07. The number of benzene rings is 2. The number of nitrogens with zero attached hydrogens (tertiary/aromatic N) is 2. The summed E-state index contributed by atoms with van der Waals surface area (Å²) in [6, 6.07) is 15.2. The summed E-state index contributed by atoms with van der Waals surface area (Å²) < 4.78 is 0. The predicted octanol–water partition coefficient (Wildman–Crippen LogP) is 3.58. The maximum absolute atomic E-state index is 12.3. The van der Waals surface area contributed by atoms with Crippen LogP contribution in [0.15, 0.2) is 53.3 Å². The molecule has 3 rings (SSSR count). The van der Waals surface area contributed by atoms with E-state index in [2.05, 4.69) is 51.8 Å². The summed E-state index contributed by atoms with van der Waals surface area (Å²) in [6.07, 6.45) is 0.423. The third kappa shape index (κ3) is 5.03. The maximum Gasteiger partial charge on any atom is 0.274 e. The van der Waals surface area contributed by atoms with Gasteiger partial charge in [-0.1, -0.05) is 38.1 Å². The molecule has 0 bridgehead atoms. The smallest absolute Gasteiger partial charge is 0.274 e.